The van der Waals surface area contributed by atoms with E-state index in [1.165, 1.54) is 0 Å². The first-order chi connectivity index (χ1) is 13.7. The molecule has 154 valence electrons. The summed E-state index contributed by atoms with van der Waals surface area (Å²) in [7, 11) is 0. The summed E-state index contributed by atoms with van der Waals surface area (Å²) in [6.07, 6.45) is 0.715. The third-order valence-electron chi connectivity index (χ3n) is 3.89. The third-order valence-corrected chi connectivity index (χ3v) is 3.89. The molecule has 0 radical (unpaired) electrons. The van der Waals surface area contributed by atoms with Crippen molar-refractivity contribution in [2.45, 2.75) is 52.2 Å². The van der Waals surface area contributed by atoms with Crippen LogP contribution in [0.5, 0.6) is 0 Å². The number of H-pyrrole nitrogens is 1. The number of hydrogen-bond donors (Lipinski definition) is 3. The summed E-state index contributed by atoms with van der Waals surface area (Å²) in [6.45, 7) is 7.65. The fourth-order valence-electron chi connectivity index (χ4n) is 2.44. The minimum absolute atomic E-state index is 0.0669. The van der Waals surface area contributed by atoms with Crippen LogP contribution < -0.4 is 10.6 Å². The van der Waals surface area contributed by atoms with Crippen LogP contribution >= 0.6 is 0 Å². The number of hydrogen-bond acceptors (Lipinski definition) is 6. The second-order valence-electron chi connectivity index (χ2n) is 7.42. The predicted molar refractivity (Wildman–Crippen MR) is 106 cm³/mol. The van der Waals surface area contributed by atoms with Gasteiger partial charge in [-0.1, -0.05) is 31.2 Å². The average molecular weight is 398 g/mol. The smallest absolute Gasteiger partial charge is 0.407 e. The Morgan fingerprint density at radius 3 is 2.55 bits per heavy atom. The number of rotatable bonds is 7. The van der Waals surface area contributed by atoms with Gasteiger partial charge >= 0.3 is 6.09 Å². The molecule has 1 heterocycles. The molecule has 0 spiro atoms. The van der Waals surface area contributed by atoms with E-state index in [0.717, 1.165) is 12.0 Å². The lowest BCUT2D eigenvalue weighted by molar-refractivity contribution is 0.0528. The van der Waals surface area contributed by atoms with Gasteiger partial charge in [-0.3, -0.25) is 9.89 Å². The zero-order valence-electron chi connectivity index (χ0n) is 17.1. The van der Waals surface area contributed by atoms with Gasteiger partial charge in [-0.25, -0.2) is 9.78 Å². The summed E-state index contributed by atoms with van der Waals surface area (Å²) < 4.78 is 5.14. The number of nitriles is 1. The first-order valence-electron chi connectivity index (χ1n) is 9.39. The molecule has 0 saturated carbocycles. The van der Waals surface area contributed by atoms with E-state index < -0.39 is 23.6 Å². The largest absolute Gasteiger partial charge is 0.444 e. The van der Waals surface area contributed by atoms with Gasteiger partial charge in [0.05, 0.1) is 6.07 Å². The number of benzene rings is 1. The normalized spacial score (nSPS) is 12.0. The number of ether oxygens (including phenoxy) is 1. The highest BCUT2D eigenvalue weighted by molar-refractivity contribution is 5.90. The standard InChI is InChI=1S/C20H26N6O3/c1-5-13-6-8-14(9-7-13)15(12-21)23-18(27)17-24-16(25-26-17)10-11-22-19(28)29-20(2,3)4/h6-9,15H,5,10-11H2,1-4H3,(H,22,28)(H,23,27)(H,24,25,26). The van der Waals surface area contributed by atoms with E-state index >= 15 is 0 Å². The van der Waals surface area contributed by atoms with E-state index in [2.05, 4.69) is 31.9 Å². The topological polar surface area (TPSA) is 133 Å². The van der Waals surface area contributed by atoms with E-state index in [-0.39, 0.29) is 12.4 Å². The van der Waals surface area contributed by atoms with Gasteiger partial charge in [-0.15, -0.1) is 5.10 Å². The summed E-state index contributed by atoms with van der Waals surface area (Å²) in [5, 5.41) is 21.1. The van der Waals surface area contributed by atoms with Crippen LogP contribution in [0.3, 0.4) is 0 Å². The van der Waals surface area contributed by atoms with Crippen LogP contribution in [-0.4, -0.2) is 39.3 Å². The van der Waals surface area contributed by atoms with Crippen molar-refractivity contribution in [2.24, 2.45) is 0 Å². The third kappa shape index (κ3) is 6.92. The van der Waals surface area contributed by atoms with Crippen LogP contribution in [0.15, 0.2) is 24.3 Å². The maximum Gasteiger partial charge on any atom is 0.407 e. The number of amides is 2. The van der Waals surface area contributed by atoms with Crippen molar-refractivity contribution in [3.63, 3.8) is 0 Å². The number of nitrogens with one attached hydrogen (secondary N) is 3. The van der Waals surface area contributed by atoms with Crippen molar-refractivity contribution in [2.75, 3.05) is 6.54 Å². The summed E-state index contributed by atoms with van der Waals surface area (Å²) >= 11 is 0. The van der Waals surface area contributed by atoms with E-state index in [9.17, 15) is 14.9 Å². The first kappa shape index (κ1) is 21.9. The molecule has 2 amide bonds. The summed E-state index contributed by atoms with van der Waals surface area (Å²) in [6, 6.07) is 8.75. The van der Waals surface area contributed by atoms with Crippen LogP contribution in [-0.2, 0) is 17.6 Å². The number of carbonyl (C=O) groups excluding carboxylic acids is 2. The highest BCUT2D eigenvalue weighted by Gasteiger charge is 2.19. The highest BCUT2D eigenvalue weighted by atomic mass is 16.6. The minimum Gasteiger partial charge on any atom is -0.444 e. The van der Waals surface area contributed by atoms with Crippen LogP contribution in [0.2, 0.25) is 0 Å². The molecule has 0 aliphatic carbocycles. The summed E-state index contributed by atoms with van der Waals surface area (Å²) in [5.41, 5.74) is 1.26. The molecule has 1 aromatic heterocycles. The molecule has 1 unspecified atom stereocenters. The fraction of sp³-hybridized carbons (Fsp3) is 0.450. The molecular formula is C20H26N6O3. The Balaban J connectivity index is 1.89. The van der Waals surface area contributed by atoms with Crippen molar-refractivity contribution in [3.05, 3.63) is 47.0 Å². The number of aryl methyl sites for hydroxylation is 1. The lowest BCUT2D eigenvalue weighted by atomic mass is 10.0. The molecule has 0 bridgehead atoms. The number of aromatic nitrogens is 3. The van der Waals surface area contributed by atoms with Gasteiger partial charge in [0, 0.05) is 13.0 Å². The van der Waals surface area contributed by atoms with Crippen molar-refractivity contribution in [1.29, 1.82) is 5.26 Å². The number of alkyl carbamates (subject to hydrolysis) is 1. The summed E-state index contributed by atoms with van der Waals surface area (Å²) in [4.78, 5) is 28.1. The van der Waals surface area contributed by atoms with E-state index in [0.29, 0.717) is 17.8 Å². The Morgan fingerprint density at radius 2 is 1.97 bits per heavy atom. The average Bonchev–Trinajstić information content (AvgIpc) is 3.13. The molecule has 9 heteroatoms. The van der Waals surface area contributed by atoms with Crippen molar-refractivity contribution < 1.29 is 14.3 Å². The second kappa shape index (κ2) is 9.68. The van der Waals surface area contributed by atoms with E-state index in [1.807, 2.05) is 31.2 Å². The molecule has 0 aliphatic heterocycles. The Labute approximate surface area is 169 Å². The molecule has 0 saturated heterocycles. The zero-order valence-corrected chi connectivity index (χ0v) is 17.1. The monoisotopic (exact) mass is 398 g/mol. The molecule has 3 N–H and O–H groups in total. The van der Waals surface area contributed by atoms with E-state index in [1.54, 1.807) is 20.8 Å². The fourth-order valence-corrected chi connectivity index (χ4v) is 2.44. The maximum absolute atomic E-state index is 12.4. The first-order valence-corrected chi connectivity index (χ1v) is 9.39. The molecule has 2 rings (SSSR count). The molecule has 0 fully saturated rings. The Hall–Kier alpha value is -3.41. The van der Waals surface area contributed by atoms with Gasteiger partial charge in [0.2, 0.25) is 5.82 Å². The maximum atomic E-state index is 12.4. The minimum atomic E-state index is -0.802. The van der Waals surface area contributed by atoms with Crippen LogP contribution in [0.1, 0.15) is 61.3 Å². The Morgan fingerprint density at radius 1 is 1.28 bits per heavy atom. The molecule has 1 aromatic carbocycles. The molecule has 1 atom stereocenters. The summed E-state index contributed by atoms with van der Waals surface area (Å²) in [5.74, 6) is -0.187. The number of aromatic amines is 1. The molecular weight excluding hydrogens is 372 g/mol. The van der Waals surface area contributed by atoms with Crippen molar-refractivity contribution in [1.82, 2.24) is 25.8 Å². The van der Waals surface area contributed by atoms with Crippen LogP contribution in [0.4, 0.5) is 4.79 Å². The molecule has 9 nitrogen and oxygen atoms in total. The SMILES string of the molecule is CCc1ccc(C(C#N)NC(=O)c2n[nH]c(CCNC(=O)OC(C)(C)C)n2)cc1. The predicted octanol–water partition coefficient (Wildman–Crippen LogP) is 2.43. The van der Waals surface area contributed by atoms with Gasteiger partial charge in [-0.2, -0.15) is 5.26 Å². The lowest BCUT2D eigenvalue weighted by Gasteiger charge is -2.19. The van der Waals surface area contributed by atoms with Gasteiger partial charge in [0.25, 0.3) is 5.91 Å². The lowest BCUT2D eigenvalue weighted by Crippen LogP contribution is -2.33. The van der Waals surface area contributed by atoms with Crippen molar-refractivity contribution >= 4 is 12.0 Å². The second-order valence-corrected chi connectivity index (χ2v) is 7.42. The van der Waals surface area contributed by atoms with Gasteiger partial charge in [0.1, 0.15) is 17.5 Å². The van der Waals surface area contributed by atoms with Gasteiger partial charge in [-0.05, 0) is 38.3 Å². The Kier molecular flexibility index (Phi) is 7.31. The zero-order chi connectivity index (χ0) is 21.4. The molecule has 29 heavy (non-hydrogen) atoms. The molecule has 0 aliphatic rings. The van der Waals surface area contributed by atoms with E-state index in [4.69, 9.17) is 4.74 Å². The molecule has 2 aromatic rings. The van der Waals surface area contributed by atoms with Gasteiger partial charge in [0.15, 0.2) is 0 Å². The van der Waals surface area contributed by atoms with Gasteiger partial charge < -0.3 is 15.4 Å². The number of nitrogens with zero attached hydrogens (tertiary/aromatic N) is 3. The highest BCUT2D eigenvalue weighted by Crippen LogP contribution is 2.14. The Bertz CT molecular complexity index is 877. The quantitative estimate of drug-likeness (QED) is 0.656. The van der Waals surface area contributed by atoms with Crippen LogP contribution in [0, 0.1) is 11.3 Å². The van der Waals surface area contributed by atoms with Crippen molar-refractivity contribution in [3.8, 4) is 6.07 Å². The number of carbonyl (C=O) groups is 2. The van der Waals surface area contributed by atoms with Crippen LogP contribution in [0.25, 0.3) is 0 Å².